The second-order valence-electron chi connectivity index (χ2n) is 9.57. The molecule has 0 bridgehead atoms. The minimum atomic E-state index is -0.474. The predicted molar refractivity (Wildman–Crippen MR) is 156 cm³/mol. The fraction of sp³-hybridized carbons (Fsp3) is 0.533. The molecule has 1 aliphatic carbocycles. The number of benzene rings is 2. The first-order valence-corrected chi connectivity index (χ1v) is 14.5. The van der Waals surface area contributed by atoms with Gasteiger partial charge in [0.2, 0.25) is 0 Å². The quantitative estimate of drug-likeness (QED) is 0.366. The number of hydrogen-bond acceptors (Lipinski definition) is 4. The summed E-state index contributed by atoms with van der Waals surface area (Å²) in [7, 11) is 1.54. The van der Waals surface area contributed by atoms with Crippen LogP contribution in [0, 0.1) is 5.82 Å². The lowest BCUT2D eigenvalue weighted by atomic mass is 10.0. The Hall–Kier alpha value is -2.35. The number of hydrogen-bond donors (Lipinski definition) is 1. The van der Waals surface area contributed by atoms with E-state index in [9.17, 15) is 9.18 Å². The van der Waals surface area contributed by atoms with Crippen LogP contribution in [0.5, 0.6) is 5.75 Å². The zero-order chi connectivity index (χ0) is 28.8. The van der Waals surface area contributed by atoms with E-state index < -0.39 is 5.82 Å². The van der Waals surface area contributed by atoms with Crippen LogP contribution in [0.15, 0.2) is 30.3 Å². The predicted octanol–water partition coefficient (Wildman–Crippen LogP) is 7.65. The monoisotopic (exact) mass is 582 g/mol. The van der Waals surface area contributed by atoms with Crippen molar-refractivity contribution in [2.45, 2.75) is 71.3 Å². The molecule has 0 unspecified atom stereocenters. The number of amides is 1. The summed E-state index contributed by atoms with van der Waals surface area (Å²) in [6.07, 6.45) is 8.21. The van der Waals surface area contributed by atoms with Crippen molar-refractivity contribution < 1.29 is 23.8 Å². The Labute approximate surface area is 242 Å². The molecule has 0 aromatic heterocycles. The van der Waals surface area contributed by atoms with E-state index in [1.54, 1.807) is 24.1 Å². The first-order chi connectivity index (χ1) is 18.9. The van der Waals surface area contributed by atoms with Gasteiger partial charge >= 0.3 is 0 Å². The molecule has 6 nitrogen and oxygen atoms in total. The molecule has 0 atom stereocenters. The average Bonchev–Trinajstić information content (AvgIpc) is 3.62. The molecular formula is C30H41Cl2FN2O4. The normalized spacial score (nSPS) is 16.5. The molecule has 0 spiro atoms. The van der Waals surface area contributed by atoms with Crippen LogP contribution in [0.3, 0.4) is 0 Å². The lowest BCUT2D eigenvalue weighted by Gasteiger charge is -2.26. The molecular weight excluding hydrogens is 542 g/mol. The highest BCUT2D eigenvalue weighted by Crippen LogP contribution is 2.45. The molecule has 1 amide bonds. The maximum atomic E-state index is 14.1. The van der Waals surface area contributed by atoms with Crippen LogP contribution >= 0.6 is 23.2 Å². The van der Waals surface area contributed by atoms with Gasteiger partial charge < -0.3 is 14.7 Å². The third-order valence-electron chi connectivity index (χ3n) is 6.74. The number of piperidine rings is 1. The van der Waals surface area contributed by atoms with Crippen molar-refractivity contribution in [1.82, 2.24) is 9.80 Å². The Balaban J connectivity index is 0.000000240. The van der Waals surface area contributed by atoms with Gasteiger partial charge in [-0.1, -0.05) is 43.5 Å². The fourth-order valence-corrected chi connectivity index (χ4v) is 5.37. The van der Waals surface area contributed by atoms with Crippen molar-refractivity contribution in [3.63, 3.8) is 0 Å². The third kappa shape index (κ3) is 10.6. The molecule has 5 rings (SSSR count). The summed E-state index contributed by atoms with van der Waals surface area (Å²) in [6, 6.07) is 8.84. The molecule has 0 radical (unpaired) electrons. The molecule has 2 aromatic rings. The number of ether oxygens (including phenoxy) is 1. The van der Waals surface area contributed by atoms with Crippen molar-refractivity contribution >= 4 is 35.6 Å². The highest BCUT2D eigenvalue weighted by atomic mass is 35.5. The van der Waals surface area contributed by atoms with Crippen molar-refractivity contribution in [1.29, 1.82) is 0 Å². The van der Waals surface area contributed by atoms with Crippen LogP contribution in [0.2, 0.25) is 10.0 Å². The van der Waals surface area contributed by atoms with E-state index in [1.807, 2.05) is 26.0 Å². The van der Waals surface area contributed by atoms with Crippen molar-refractivity contribution in [2.24, 2.45) is 0 Å². The Morgan fingerprint density at radius 1 is 0.974 bits per heavy atom. The lowest BCUT2D eigenvalue weighted by Crippen LogP contribution is -2.29. The smallest absolute Gasteiger partial charge is 0.290 e. The van der Waals surface area contributed by atoms with E-state index in [1.165, 1.54) is 44.0 Å². The number of halogens is 3. The SMILES string of the molecule is CC.COc1cc(F)c(C(=O)N2CCCC2)cc1C1CC1.Clc1cc(Cl)cc(CN2CCCCC2)c1.O=CO. The van der Waals surface area contributed by atoms with E-state index in [-0.39, 0.29) is 17.9 Å². The van der Waals surface area contributed by atoms with Crippen LogP contribution in [0.1, 0.15) is 86.2 Å². The second-order valence-corrected chi connectivity index (χ2v) is 10.4. The van der Waals surface area contributed by atoms with Crippen LogP contribution in [-0.2, 0) is 11.3 Å². The van der Waals surface area contributed by atoms with Gasteiger partial charge in [-0.3, -0.25) is 14.5 Å². The summed E-state index contributed by atoms with van der Waals surface area (Å²) in [6.45, 7) is 8.60. The zero-order valence-electron chi connectivity index (χ0n) is 23.2. The highest BCUT2D eigenvalue weighted by Gasteiger charge is 2.30. The molecule has 2 aliphatic heterocycles. The largest absolute Gasteiger partial charge is 0.496 e. The topological polar surface area (TPSA) is 70.1 Å². The average molecular weight is 584 g/mol. The van der Waals surface area contributed by atoms with Gasteiger partial charge in [0.15, 0.2) is 0 Å². The molecule has 2 aromatic carbocycles. The summed E-state index contributed by atoms with van der Waals surface area (Å²) in [5, 5.41) is 8.35. The Morgan fingerprint density at radius 3 is 2.03 bits per heavy atom. The molecule has 3 aliphatic rings. The van der Waals surface area contributed by atoms with Crippen LogP contribution in [-0.4, -0.2) is 60.6 Å². The molecule has 3 fully saturated rings. The van der Waals surface area contributed by atoms with Gasteiger partial charge in [0, 0.05) is 35.7 Å². The van der Waals surface area contributed by atoms with Gasteiger partial charge in [-0.25, -0.2) is 4.39 Å². The first-order valence-electron chi connectivity index (χ1n) is 13.8. The van der Waals surface area contributed by atoms with Crippen LogP contribution < -0.4 is 4.74 Å². The van der Waals surface area contributed by atoms with Crippen molar-refractivity contribution in [3.8, 4) is 5.75 Å². The van der Waals surface area contributed by atoms with Gasteiger partial charge in [-0.15, -0.1) is 0 Å². The summed E-state index contributed by atoms with van der Waals surface area (Å²) in [5.41, 5.74) is 2.39. The molecule has 2 heterocycles. The van der Waals surface area contributed by atoms with Crippen LogP contribution in [0.25, 0.3) is 0 Å². The van der Waals surface area contributed by atoms with Gasteiger partial charge in [0.25, 0.3) is 12.4 Å². The lowest BCUT2D eigenvalue weighted by molar-refractivity contribution is -0.122. The fourth-order valence-electron chi connectivity index (χ4n) is 4.79. The van der Waals surface area contributed by atoms with E-state index >= 15 is 0 Å². The number of likely N-dealkylation sites (tertiary alicyclic amines) is 2. The highest BCUT2D eigenvalue weighted by molar-refractivity contribution is 6.34. The van der Waals surface area contributed by atoms with Gasteiger partial charge in [-0.2, -0.15) is 0 Å². The molecule has 1 saturated carbocycles. The summed E-state index contributed by atoms with van der Waals surface area (Å²) < 4.78 is 19.3. The Morgan fingerprint density at radius 2 is 1.51 bits per heavy atom. The van der Waals surface area contributed by atoms with E-state index in [0.717, 1.165) is 60.9 Å². The van der Waals surface area contributed by atoms with Crippen molar-refractivity contribution in [2.75, 3.05) is 33.3 Å². The molecule has 2 saturated heterocycles. The molecule has 39 heavy (non-hydrogen) atoms. The number of methoxy groups -OCH3 is 1. The van der Waals surface area contributed by atoms with E-state index in [2.05, 4.69) is 4.90 Å². The Kier molecular flexibility index (Phi) is 14.6. The third-order valence-corrected chi connectivity index (χ3v) is 7.17. The maximum absolute atomic E-state index is 14.1. The van der Waals surface area contributed by atoms with Gasteiger partial charge in [0.05, 0.1) is 12.7 Å². The zero-order valence-corrected chi connectivity index (χ0v) is 24.7. The van der Waals surface area contributed by atoms with Gasteiger partial charge in [-0.05, 0) is 92.9 Å². The number of carbonyl (C=O) groups excluding carboxylic acids is 1. The maximum Gasteiger partial charge on any atom is 0.290 e. The number of nitrogens with zero attached hydrogens (tertiary/aromatic N) is 2. The molecule has 9 heteroatoms. The second kappa shape index (κ2) is 17.4. The van der Waals surface area contributed by atoms with E-state index in [0.29, 0.717) is 11.7 Å². The number of carbonyl (C=O) groups is 2. The van der Waals surface area contributed by atoms with E-state index in [4.69, 9.17) is 37.8 Å². The standard InChI is InChI=1S/C15H18FNO2.C12H15Cl2N.C2H6.CH2O2/c1-19-14-9-13(16)12(8-11(14)10-4-5-10)15(18)17-6-2-3-7-17;13-11-6-10(7-12(14)8-11)9-15-4-2-1-3-5-15;1-2;2-1-3/h8-10H,2-7H2,1H3;6-8H,1-5,9H2;1-2H3;1H,(H,2,3). The number of rotatable bonds is 5. The number of carboxylic acid groups (broad SMARTS) is 1. The summed E-state index contributed by atoms with van der Waals surface area (Å²) >= 11 is 11.9. The molecule has 1 N–H and O–H groups in total. The van der Waals surface area contributed by atoms with Crippen LogP contribution in [0.4, 0.5) is 4.39 Å². The minimum Gasteiger partial charge on any atom is -0.496 e. The first kappa shape index (κ1) is 32.9. The van der Waals surface area contributed by atoms with Gasteiger partial charge in [0.1, 0.15) is 11.6 Å². The summed E-state index contributed by atoms with van der Waals surface area (Å²) in [4.78, 5) is 24.9. The summed E-state index contributed by atoms with van der Waals surface area (Å²) in [5.74, 6) is 0.344. The van der Waals surface area contributed by atoms with Crippen molar-refractivity contribution in [3.05, 3.63) is 62.9 Å². The molecule has 216 valence electrons. The minimum absolute atomic E-state index is 0.181. The Bertz CT molecular complexity index is 1030.